The molecule has 0 amide bonds. The van der Waals surface area contributed by atoms with E-state index in [1.54, 1.807) is 0 Å². The van der Waals surface area contributed by atoms with Crippen molar-refractivity contribution in [3.63, 3.8) is 0 Å². The molecular weight excluding hydrogens is 1420 g/mol. The average molecular weight is 1530 g/mol. The number of ether oxygens (including phenoxy) is 12. The van der Waals surface area contributed by atoms with Gasteiger partial charge in [0.15, 0.2) is 0 Å². The summed E-state index contributed by atoms with van der Waals surface area (Å²) in [5, 5.41) is 0. The summed E-state index contributed by atoms with van der Waals surface area (Å²) in [6.45, 7) is 31.2. The van der Waals surface area contributed by atoms with Crippen LogP contribution in [0.15, 0.2) is 218 Å². The van der Waals surface area contributed by atoms with E-state index in [-0.39, 0.29) is 0 Å². The molecular formula is C102H108O12. The highest BCUT2D eigenvalue weighted by molar-refractivity contribution is 5.76. The van der Waals surface area contributed by atoms with Crippen LogP contribution in [-0.2, 0) is 38.5 Å². The second-order valence-electron chi connectivity index (χ2n) is 28.1. The van der Waals surface area contributed by atoms with Gasteiger partial charge in [0.1, 0.15) is 69.0 Å². The smallest absolute Gasteiger partial charge is 0.122 e. The normalized spacial score (nSPS) is 11.9. The van der Waals surface area contributed by atoms with Gasteiger partial charge in [-0.15, -0.1) is 0 Å². The maximum absolute atomic E-state index is 6.25. The zero-order chi connectivity index (χ0) is 79.5. The summed E-state index contributed by atoms with van der Waals surface area (Å²) < 4.78 is 75.0. The molecule has 12 aromatic carbocycles. The van der Waals surface area contributed by atoms with E-state index in [1.807, 2.05) is 83.1 Å². The molecule has 0 N–H and O–H groups in total. The Bertz CT molecular complexity index is 4140. The summed E-state index contributed by atoms with van der Waals surface area (Å²) in [4.78, 5) is 0. The minimum absolute atomic E-state index is 0.571. The van der Waals surface area contributed by atoms with Crippen LogP contribution in [0.5, 0.6) is 69.0 Å². The van der Waals surface area contributed by atoms with Crippen molar-refractivity contribution in [1.82, 2.24) is 0 Å². The maximum atomic E-state index is 6.25. The third-order valence-electron chi connectivity index (χ3n) is 20.6. The van der Waals surface area contributed by atoms with Crippen molar-refractivity contribution in [2.45, 2.75) is 122 Å². The number of fused-ring (bicyclic) bond motifs is 30. The molecule has 0 unspecified atom stereocenters. The van der Waals surface area contributed by atoms with Gasteiger partial charge in [0.2, 0.25) is 0 Å². The van der Waals surface area contributed by atoms with Gasteiger partial charge in [0.05, 0.1) is 79.3 Å². The molecule has 0 radical (unpaired) electrons. The molecule has 0 atom stereocenters. The Hall–Kier alpha value is -11.8. The molecule has 2 aliphatic carbocycles. The van der Waals surface area contributed by atoms with E-state index in [0.29, 0.717) is 118 Å². The molecule has 0 heterocycles. The van der Waals surface area contributed by atoms with Gasteiger partial charge in [-0.2, -0.15) is 0 Å². The van der Waals surface area contributed by atoms with Crippen LogP contribution >= 0.6 is 0 Å². The van der Waals surface area contributed by atoms with Crippen LogP contribution in [0, 0.1) is 0 Å². The van der Waals surface area contributed by atoms with Crippen LogP contribution in [0.25, 0.3) is 66.8 Å². The Morgan fingerprint density at radius 1 is 0.132 bits per heavy atom. The zero-order valence-electron chi connectivity index (χ0n) is 68.4. The van der Waals surface area contributed by atoms with E-state index in [2.05, 4.69) is 218 Å². The highest BCUT2D eigenvalue weighted by Gasteiger charge is 2.23. The van der Waals surface area contributed by atoms with Gasteiger partial charge in [0.25, 0.3) is 0 Å². The van der Waals surface area contributed by atoms with E-state index in [0.717, 1.165) is 203 Å². The summed E-state index contributed by atoms with van der Waals surface area (Å²) in [7, 11) is 0. The Kier molecular flexibility index (Phi) is 27.2. The van der Waals surface area contributed by atoms with Gasteiger partial charge in [0, 0.05) is 38.5 Å². The molecule has 0 aliphatic heterocycles. The number of hydrogen-bond acceptors (Lipinski definition) is 12. The van der Waals surface area contributed by atoms with Gasteiger partial charge < -0.3 is 56.8 Å². The Labute approximate surface area is 674 Å². The predicted octanol–water partition coefficient (Wildman–Crippen LogP) is 24.3. The number of benzene rings is 12. The zero-order valence-corrected chi connectivity index (χ0v) is 68.4. The Morgan fingerprint density at radius 2 is 0.211 bits per heavy atom. The fraction of sp³-hybridized carbons (Fsp3) is 0.294. The first-order valence-corrected chi connectivity index (χ1v) is 41.0. The monoisotopic (exact) mass is 1520 g/mol. The van der Waals surface area contributed by atoms with Crippen LogP contribution in [0.3, 0.4) is 0 Å². The SMILES string of the molecule is CCOc1ccc2cc1Cc1cc(ccc1OCC)-c1ccc(OCC)c(c1)Cc1cc(ccc1OCC)-c1ccc(OCC)c(c1)Cc1cc-2ccc1OCC.CCOc1ccc2cc1Cc1cc(ccc1OCC)-c1ccc(OCC)c(c1)Cc1cc(ccc1OCC)-c1ccc(OCC)c(c1)Cc1cc-2ccc1OCC. The van der Waals surface area contributed by atoms with Gasteiger partial charge in [-0.3, -0.25) is 0 Å². The molecule has 0 fully saturated rings. The van der Waals surface area contributed by atoms with Crippen molar-refractivity contribution in [3.8, 4) is 136 Å². The maximum Gasteiger partial charge on any atom is 0.122 e. The summed E-state index contributed by atoms with van der Waals surface area (Å²) in [5.74, 6) is 10.4. The molecule has 2 aliphatic rings. The second-order valence-corrected chi connectivity index (χ2v) is 28.1. The van der Waals surface area contributed by atoms with E-state index in [9.17, 15) is 0 Å². The van der Waals surface area contributed by atoms with E-state index >= 15 is 0 Å². The molecule has 12 heteroatoms. The number of rotatable bonds is 24. The van der Waals surface area contributed by atoms with E-state index in [4.69, 9.17) is 56.8 Å². The quantitative estimate of drug-likeness (QED) is 0.0574. The molecule has 12 nitrogen and oxygen atoms in total. The van der Waals surface area contributed by atoms with Crippen molar-refractivity contribution in [1.29, 1.82) is 0 Å². The Balaban J connectivity index is 0.000000199. The molecule has 12 aromatic rings. The van der Waals surface area contributed by atoms with Crippen LogP contribution in [0.2, 0.25) is 0 Å². The first-order valence-electron chi connectivity index (χ1n) is 41.0. The molecule has 0 saturated heterocycles. The number of hydrogen-bond donors (Lipinski definition) is 0. The highest BCUT2D eigenvalue weighted by atomic mass is 16.5. The van der Waals surface area contributed by atoms with Crippen molar-refractivity contribution < 1.29 is 56.8 Å². The van der Waals surface area contributed by atoms with Crippen LogP contribution < -0.4 is 56.8 Å². The van der Waals surface area contributed by atoms with Crippen LogP contribution in [-0.4, -0.2) is 79.3 Å². The van der Waals surface area contributed by atoms with Gasteiger partial charge in [-0.1, -0.05) is 72.8 Å². The lowest BCUT2D eigenvalue weighted by Gasteiger charge is -2.18. The summed E-state index contributed by atoms with van der Waals surface area (Å²) in [6, 6.07) is 78.2. The minimum atomic E-state index is 0.571. The standard InChI is InChI=1S/2C51H54O6/c2*1-7-52-46-19-13-34-25-40(46)31-41-26-36(15-20-47(41)53-8-2)37-16-22-49(55-10-4)43(28-37)33-45-30-39(18-24-51(45)57-12-6)38-17-23-50(56-11-5)44(29-38)32-42-27-35(34)14-21-48(42)54-9-3/h2*13-30H,7-12,31-33H2,1-6H3. The van der Waals surface area contributed by atoms with Gasteiger partial charge in [-0.25, -0.2) is 0 Å². The lowest BCUT2D eigenvalue weighted by Crippen LogP contribution is -2.03. The van der Waals surface area contributed by atoms with Crippen molar-refractivity contribution in [2.24, 2.45) is 0 Å². The molecule has 0 saturated carbocycles. The lowest BCUT2D eigenvalue weighted by atomic mass is 9.93. The first-order chi connectivity index (χ1) is 55.9. The fourth-order valence-corrected chi connectivity index (χ4v) is 15.6. The highest BCUT2D eigenvalue weighted by Crippen LogP contribution is 2.44. The van der Waals surface area contributed by atoms with Crippen LogP contribution in [0.1, 0.15) is 150 Å². The first kappa shape index (κ1) is 80.3. The fourth-order valence-electron chi connectivity index (χ4n) is 15.6. The Morgan fingerprint density at radius 3 is 0.281 bits per heavy atom. The van der Waals surface area contributed by atoms with Crippen molar-refractivity contribution in [2.75, 3.05) is 79.3 Å². The van der Waals surface area contributed by atoms with Gasteiger partial charge in [-0.05, 0) is 362 Å². The summed E-state index contributed by atoms with van der Waals surface area (Å²) in [6.07, 6.45) is 3.80. The molecule has 24 bridgehead atoms. The van der Waals surface area contributed by atoms with E-state index in [1.165, 1.54) is 0 Å². The largest absolute Gasteiger partial charge is 0.494 e. The molecule has 114 heavy (non-hydrogen) atoms. The van der Waals surface area contributed by atoms with Gasteiger partial charge >= 0.3 is 0 Å². The molecule has 0 aromatic heterocycles. The van der Waals surface area contributed by atoms with Crippen LogP contribution in [0.4, 0.5) is 0 Å². The topological polar surface area (TPSA) is 111 Å². The van der Waals surface area contributed by atoms with E-state index < -0.39 is 0 Å². The summed E-state index contributed by atoms with van der Waals surface area (Å²) in [5.41, 5.74) is 26.4. The molecule has 0 spiro atoms. The third kappa shape index (κ3) is 19.0. The minimum Gasteiger partial charge on any atom is -0.494 e. The molecule has 588 valence electrons. The predicted molar refractivity (Wildman–Crippen MR) is 462 cm³/mol. The summed E-state index contributed by atoms with van der Waals surface area (Å²) >= 11 is 0. The lowest BCUT2D eigenvalue weighted by molar-refractivity contribution is 0.333. The third-order valence-corrected chi connectivity index (χ3v) is 20.6. The molecule has 14 rings (SSSR count). The van der Waals surface area contributed by atoms with Crippen molar-refractivity contribution >= 4 is 0 Å². The average Bonchev–Trinajstić information content (AvgIpc) is 1.09. The second kappa shape index (κ2) is 38.6. The van der Waals surface area contributed by atoms with Crippen molar-refractivity contribution in [3.05, 3.63) is 285 Å².